The summed E-state index contributed by atoms with van der Waals surface area (Å²) in [7, 11) is 1.62. The topological polar surface area (TPSA) is 47.6 Å². The number of cyclic esters (lactones) is 1. The molecule has 3 aromatic rings. The van der Waals surface area contributed by atoms with Gasteiger partial charge in [-0.25, -0.2) is 4.79 Å². The van der Waals surface area contributed by atoms with Gasteiger partial charge in [0.25, 0.3) is 0 Å². The molecule has 0 bridgehead atoms. The predicted octanol–water partition coefficient (Wildman–Crippen LogP) is 4.88. The summed E-state index contributed by atoms with van der Waals surface area (Å²) in [5, 5.41) is 2.93. The maximum Gasteiger partial charge on any atom is 0.408 e. The molecule has 0 aromatic heterocycles. The van der Waals surface area contributed by atoms with E-state index in [1.54, 1.807) is 7.11 Å². The van der Waals surface area contributed by atoms with Gasteiger partial charge in [-0.3, -0.25) is 0 Å². The molecule has 1 fully saturated rings. The summed E-state index contributed by atoms with van der Waals surface area (Å²) in [6.45, 7) is 0. The van der Waals surface area contributed by atoms with E-state index in [9.17, 15) is 4.79 Å². The van der Waals surface area contributed by atoms with Crippen molar-refractivity contribution in [2.75, 3.05) is 7.11 Å². The van der Waals surface area contributed by atoms with E-state index in [1.807, 2.05) is 54.6 Å². The highest BCUT2D eigenvalue weighted by Crippen LogP contribution is 2.38. The van der Waals surface area contributed by atoms with Crippen LogP contribution in [0.4, 0.5) is 4.79 Å². The van der Waals surface area contributed by atoms with Gasteiger partial charge in [0, 0.05) is 0 Å². The Morgan fingerprint density at radius 1 is 0.846 bits per heavy atom. The number of ether oxygens (including phenoxy) is 2. The Kier molecular flexibility index (Phi) is 4.32. The van der Waals surface area contributed by atoms with Crippen LogP contribution >= 0.6 is 0 Å². The fourth-order valence-electron chi connectivity index (χ4n) is 3.30. The summed E-state index contributed by atoms with van der Waals surface area (Å²) in [5.41, 5.74) is 4.15. The number of amides is 1. The highest BCUT2D eigenvalue weighted by Gasteiger charge is 2.36. The third-order valence-electron chi connectivity index (χ3n) is 4.59. The first-order chi connectivity index (χ1) is 12.7. The van der Waals surface area contributed by atoms with E-state index in [0.29, 0.717) is 0 Å². The van der Waals surface area contributed by atoms with Crippen molar-refractivity contribution in [2.24, 2.45) is 0 Å². The summed E-state index contributed by atoms with van der Waals surface area (Å²) in [4.78, 5) is 12.0. The lowest BCUT2D eigenvalue weighted by molar-refractivity contribution is 0.132. The fraction of sp³-hybridized carbons (Fsp3) is 0.136. The Morgan fingerprint density at radius 2 is 1.58 bits per heavy atom. The van der Waals surface area contributed by atoms with Gasteiger partial charge in [0.2, 0.25) is 0 Å². The van der Waals surface area contributed by atoms with Gasteiger partial charge in [-0.15, -0.1) is 0 Å². The number of carbonyl (C=O) groups excluding carboxylic acids is 1. The number of methoxy groups -OCH3 is 1. The van der Waals surface area contributed by atoms with E-state index in [0.717, 1.165) is 28.0 Å². The normalized spacial score (nSPS) is 18.9. The average molecular weight is 345 g/mol. The van der Waals surface area contributed by atoms with Gasteiger partial charge < -0.3 is 14.8 Å². The third-order valence-corrected chi connectivity index (χ3v) is 4.59. The quantitative estimate of drug-likeness (QED) is 0.733. The molecule has 0 saturated carbocycles. The van der Waals surface area contributed by atoms with Gasteiger partial charge >= 0.3 is 6.09 Å². The van der Waals surface area contributed by atoms with Gasteiger partial charge in [-0.05, 0) is 40.5 Å². The zero-order valence-electron chi connectivity index (χ0n) is 14.4. The molecule has 2 atom stereocenters. The van der Waals surface area contributed by atoms with Crippen LogP contribution in [0.2, 0.25) is 0 Å². The first-order valence-corrected chi connectivity index (χ1v) is 8.51. The third kappa shape index (κ3) is 3.14. The summed E-state index contributed by atoms with van der Waals surface area (Å²) < 4.78 is 10.9. The van der Waals surface area contributed by atoms with Crippen molar-refractivity contribution in [2.45, 2.75) is 12.1 Å². The van der Waals surface area contributed by atoms with E-state index in [4.69, 9.17) is 9.47 Å². The standard InChI is InChI=1S/C22H19NO3/c1-25-19-12-6-11-18(14-19)21-20(23-22(24)26-21)17-10-5-9-16(13-17)15-7-3-2-4-8-15/h2-14,20-21H,1H3,(H,23,24)/t20-,21-/m1/s1. The number of hydrogen-bond donors (Lipinski definition) is 1. The molecule has 0 radical (unpaired) electrons. The second-order valence-corrected chi connectivity index (χ2v) is 6.22. The molecule has 1 saturated heterocycles. The van der Waals surface area contributed by atoms with Gasteiger partial charge in [-0.1, -0.05) is 60.7 Å². The molecule has 0 aliphatic carbocycles. The number of alkyl carbamates (subject to hydrolysis) is 1. The lowest BCUT2D eigenvalue weighted by atomic mass is 9.94. The van der Waals surface area contributed by atoms with Crippen LogP contribution in [0.5, 0.6) is 5.75 Å². The minimum atomic E-state index is -0.409. The second-order valence-electron chi connectivity index (χ2n) is 6.22. The van der Waals surface area contributed by atoms with E-state index in [2.05, 4.69) is 29.6 Å². The number of hydrogen-bond acceptors (Lipinski definition) is 3. The Balaban J connectivity index is 1.70. The Labute approximate surface area is 152 Å². The highest BCUT2D eigenvalue weighted by molar-refractivity contribution is 5.72. The van der Waals surface area contributed by atoms with Crippen LogP contribution < -0.4 is 10.1 Å². The molecule has 0 spiro atoms. The van der Waals surface area contributed by atoms with Crippen LogP contribution in [0.3, 0.4) is 0 Å². The SMILES string of the molecule is COc1cccc([C@H]2OC(=O)N[C@@H]2c2cccc(-c3ccccc3)c2)c1. The molecular weight excluding hydrogens is 326 g/mol. The molecule has 130 valence electrons. The number of benzene rings is 3. The zero-order valence-corrected chi connectivity index (χ0v) is 14.4. The molecule has 26 heavy (non-hydrogen) atoms. The van der Waals surface area contributed by atoms with E-state index in [-0.39, 0.29) is 6.04 Å². The van der Waals surface area contributed by atoms with Crippen LogP contribution in [0.15, 0.2) is 78.9 Å². The minimum Gasteiger partial charge on any atom is -0.497 e. The van der Waals surface area contributed by atoms with Crippen molar-refractivity contribution in [1.82, 2.24) is 5.32 Å². The Morgan fingerprint density at radius 3 is 2.38 bits per heavy atom. The lowest BCUT2D eigenvalue weighted by Crippen LogP contribution is -2.19. The number of rotatable bonds is 4. The van der Waals surface area contributed by atoms with Crippen molar-refractivity contribution in [1.29, 1.82) is 0 Å². The van der Waals surface area contributed by atoms with Crippen molar-refractivity contribution in [3.8, 4) is 16.9 Å². The predicted molar refractivity (Wildman–Crippen MR) is 100.0 cm³/mol. The smallest absolute Gasteiger partial charge is 0.408 e. The van der Waals surface area contributed by atoms with Crippen LogP contribution in [0.1, 0.15) is 23.3 Å². The van der Waals surface area contributed by atoms with Crippen LogP contribution in [-0.2, 0) is 4.74 Å². The molecular formula is C22H19NO3. The van der Waals surface area contributed by atoms with Gasteiger partial charge in [-0.2, -0.15) is 0 Å². The average Bonchev–Trinajstić information content (AvgIpc) is 3.11. The molecule has 1 aliphatic heterocycles. The zero-order chi connectivity index (χ0) is 17.9. The number of nitrogens with one attached hydrogen (secondary N) is 1. The molecule has 4 nitrogen and oxygen atoms in total. The van der Waals surface area contributed by atoms with E-state index < -0.39 is 12.2 Å². The maximum absolute atomic E-state index is 12.0. The monoisotopic (exact) mass is 345 g/mol. The molecule has 1 N–H and O–H groups in total. The molecule has 1 heterocycles. The molecule has 4 rings (SSSR count). The second kappa shape index (κ2) is 6.92. The Hall–Kier alpha value is -3.27. The van der Waals surface area contributed by atoms with Crippen LogP contribution in [-0.4, -0.2) is 13.2 Å². The van der Waals surface area contributed by atoms with Crippen LogP contribution in [0, 0.1) is 0 Å². The highest BCUT2D eigenvalue weighted by atomic mass is 16.6. The minimum absolute atomic E-state index is 0.252. The molecule has 0 unspecified atom stereocenters. The fourth-order valence-corrected chi connectivity index (χ4v) is 3.30. The van der Waals surface area contributed by atoms with Crippen LogP contribution in [0.25, 0.3) is 11.1 Å². The van der Waals surface area contributed by atoms with E-state index in [1.165, 1.54) is 0 Å². The first-order valence-electron chi connectivity index (χ1n) is 8.51. The van der Waals surface area contributed by atoms with Crippen molar-refractivity contribution in [3.63, 3.8) is 0 Å². The molecule has 3 aromatic carbocycles. The van der Waals surface area contributed by atoms with E-state index >= 15 is 0 Å². The van der Waals surface area contributed by atoms with Gasteiger partial charge in [0.15, 0.2) is 6.10 Å². The molecule has 1 aliphatic rings. The van der Waals surface area contributed by atoms with Crippen molar-refractivity contribution in [3.05, 3.63) is 90.0 Å². The summed E-state index contributed by atoms with van der Waals surface area (Å²) in [6.07, 6.45) is -0.809. The summed E-state index contributed by atoms with van der Waals surface area (Å²) in [6, 6.07) is 25.7. The van der Waals surface area contributed by atoms with Gasteiger partial charge in [0.1, 0.15) is 5.75 Å². The van der Waals surface area contributed by atoms with Gasteiger partial charge in [0.05, 0.1) is 13.2 Å². The maximum atomic E-state index is 12.0. The largest absolute Gasteiger partial charge is 0.497 e. The number of carbonyl (C=O) groups is 1. The van der Waals surface area contributed by atoms with Crippen molar-refractivity contribution >= 4 is 6.09 Å². The molecule has 4 heteroatoms. The molecule has 1 amide bonds. The Bertz CT molecular complexity index is 923. The summed E-state index contributed by atoms with van der Waals surface area (Å²) >= 11 is 0. The summed E-state index contributed by atoms with van der Waals surface area (Å²) in [5.74, 6) is 0.738. The first kappa shape index (κ1) is 16.2. The lowest BCUT2D eigenvalue weighted by Gasteiger charge is -2.19. The van der Waals surface area contributed by atoms with Crippen molar-refractivity contribution < 1.29 is 14.3 Å².